The van der Waals surface area contributed by atoms with E-state index in [1.165, 1.54) is 11.9 Å². The first-order valence-electron chi connectivity index (χ1n) is 9.05. The van der Waals surface area contributed by atoms with Crippen LogP contribution in [0.2, 0.25) is 0 Å². The summed E-state index contributed by atoms with van der Waals surface area (Å²) in [4.78, 5) is 42.3. The molecule has 3 heterocycles. The van der Waals surface area contributed by atoms with Crippen molar-refractivity contribution in [3.05, 3.63) is 77.5 Å². The molecule has 2 amide bonds. The second-order valence-electron chi connectivity index (χ2n) is 7.30. The number of Topliss-reactive ketones (excluding diaryl/α,β-unsaturated/α-hetero) is 1. The molecule has 0 aromatic heterocycles. The third-order valence-electron chi connectivity index (χ3n) is 6.01. The van der Waals surface area contributed by atoms with Gasteiger partial charge in [-0.3, -0.25) is 19.3 Å². The SMILES string of the molecule is CN1C(=O)[C@@H]2[C@H](C1=O)[C@H]1c3ccccc3C=CN1[C@H]2C(=O)c1ccccc1. The molecule has 134 valence electrons. The molecule has 0 saturated carbocycles. The van der Waals surface area contributed by atoms with Crippen molar-refractivity contribution < 1.29 is 14.4 Å². The van der Waals surface area contributed by atoms with Gasteiger partial charge in [-0.25, -0.2) is 0 Å². The first kappa shape index (κ1) is 16.0. The Morgan fingerprint density at radius 3 is 2.33 bits per heavy atom. The Morgan fingerprint density at radius 2 is 1.56 bits per heavy atom. The standard InChI is InChI=1S/C22H18N2O3/c1-23-21(26)16-17(22(23)27)19(20(25)14-8-3-2-4-9-14)24-12-11-13-7-5-6-10-15(13)18(16)24/h2-12,16-19H,1H3/t16-,17+,18+,19+/m0/s1. The quantitative estimate of drug-likeness (QED) is 0.611. The van der Waals surface area contributed by atoms with E-state index in [4.69, 9.17) is 0 Å². The molecule has 2 fully saturated rings. The van der Waals surface area contributed by atoms with Gasteiger partial charge in [0.1, 0.15) is 6.04 Å². The van der Waals surface area contributed by atoms with E-state index >= 15 is 0 Å². The summed E-state index contributed by atoms with van der Waals surface area (Å²) >= 11 is 0. The zero-order valence-electron chi connectivity index (χ0n) is 14.8. The number of carbonyl (C=O) groups excluding carboxylic acids is 3. The molecule has 5 nitrogen and oxygen atoms in total. The maximum absolute atomic E-state index is 13.4. The molecular formula is C22H18N2O3. The van der Waals surface area contributed by atoms with Gasteiger partial charge in [-0.05, 0) is 17.2 Å². The highest BCUT2D eigenvalue weighted by Crippen LogP contribution is 2.52. The summed E-state index contributed by atoms with van der Waals surface area (Å²) in [6.45, 7) is 0. The van der Waals surface area contributed by atoms with Crippen LogP contribution in [0.5, 0.6) is 0 Å². The molecule has 3 aliphatic rings. The number of hydrogen-bond acceptors (Lipinski definition) is 4. The molecule has 27 heavy (non-hydrogen) atoms. The van der Waals surface area contributed by atoms with Crippen LogP contribution in [0.4, 0.5) is 0 Å². The van der Waals surface area contributed by atoms with Crippen molar-refractivity contribution in [2.45, 2.75) is 12.1 Å². The predicted octanol–water partition coefficient (Wildman–Crippen LogP) is 2.51. The van der Waals surface area contributed by atoms with E-state index in [0.717, 1.165) is 11.1 Å². The van der Waals surface area contributed by atoms with Crippen molar-refractivity contribution in [3.8, 4) is 0 Å². The highest BCUT2D eigenvalue weighted by Gasteiger charge is 2.63. The van der Waals surface area contributed by atoms with Gasteiger partial charge in [0.2, 0.25) is 11.8 Å². The molecule has 0 bridgehead atoms. The van der Waals surface area contributed by atoms with Crippen molar-refractivity contribution in [2.24, 2.45) is 11.8 Å². The lowest BCUT2D eigenvalue weighted by atomic mass is 9.83. The number of hydrogen-bond donors (Lipinski definition) is 0. The zero-order chi connectivity index (χ0) is 18.7. The molecule has 5 heteroatoms. The number of amides is 2. The average molecular weight is 358 g/mol. The molecule has 3 aliphatic heterocycles. The van der Waals surface area contributed by atoms with Crippen LogP contribution >= 0.6 is 0 Å². The largest absolute Gasteiger partial charge is 0.358 e. The Labute approximate surface area is 156 Å². The van der Waals surface area contributed by atoms with E-state index in [9.17, 15) is 14.4 Å². The fourth-order valence-corrected chi connectivity index (χ4v) is 4.78. The first-order valence-corrected chi connectivity index (χ1v) is 9.05. The van der Waals surface area contributed by atoms with Crippen molar-refractivity contribution >= 4 is 23.7 Å². The summed E-state index contributed by atoms with van der Waals surface area (Å²) in [6.07, 6.45) is 3.83. The van der Waals surface area contributed by atoms with Gasteiger partial charge in [0.25, 0.3) is 0 Å². The Bertz CT molecular complexity index is 998. The number of nitrogens with zero attached hydrogens (tertiary/aromatic N) is 2. The van der Waals surface area contributed by atoms with Crippen molar-refractivity contribution in [1.82, 2.24) is 9.80 Å². The predicted molar refractivity (Wildman–Crippen MR) is 99.4 cm³/mol. The molecule has 0 radical (unpaired) electrons. The summed E-state index contributed by atoms with van der Waals surface area (Å²) in [5.74, 6) is -1.77. The summed E-state index contributed by atoms with van der Waals surface area (Å²) in [5, 5.41) is 0. The van der Waals surface area contributed by atoms with Crippen LogP contribution in [0.25, 0.3) is 6.08 Å². The summed E-state index contributed by atoms with van der Waals surface area (Å²) in [5.41, 5.74) is 2.58. The highest BCUT2D eigenvalue weighted by atomic mass is 16.2. The van der Waals surface area contributed by atoms with Crippen LogP contribution in [0.15, 0.2) is 60.8 Å². The molecule has 2 aromatic rings. The van der Waals surface area contributed by atoms with E-state index in [1.54, 1.807) is 12.1 Å². The van der Waals surface area contributed by atoms with Gasteiger partial charge in [0.05, 0.1) is 17.9 Å². The summed E-state index contributed by atoms with van der Waals surface area (Å²) in [6, 6.07) is 15.9. The van der Waals surface area contributed by atoms with Gasteiger partial charge >= 0.3 is 0 Å². The number of ketones is 1. The Morgan fingerprint density at radius 1 is 0.889 bits per heavy atom. The normalized spacial score (nSPS) is 28.2. The number of carbonyl (C=O) groups is 3. The van der Waals surface area contributed by atoms with Crippen LogP contribution in [0.1, 0.15) is 27.5 Å². The van der Waals surface area contributed by atoms with E-state index in [2.05, 4.69) is 0 Å². The maximum atomic E-state index is 13.4. The molecule has 2 aromatic carbocycles. The number of rotatable bonds is 2. The molecule has 2 saturated heterocycles. The minimum atomic E-state index is -0.673. The zero-order valence-corrected chi connectivity index (χ0v) is 14.8. The van der Waals surface area contributed by atoms with Gasteiger partial charge in [-0.1, -0.05) is 54.6 Å². The van der Waals surface area contributed by atoms with Crippen LogP contribution in [0, 0.1) is 11.8 Å². The maximum Gasteiger partial charge on any atom is 0.235 e. The Balaban J connectivity index is 1.67. The van der Waals surface area contributed by atoms with Gasteiger partial charge < -0.3 is 4.90 Å². The molecular weight excluding hydrogens is 340 g/mol. The van der Waals surface area contributed by atoms with E-state index in [-0.39, 0.29) is 23.6 Å². The van der Waals surface area contributed by atoms with Crippen molar-refractivity contribution in [3.63, 3.8) is 0 Å². The Hall–Kier alpha value is -3.21. The summed E-state index contributed by atoms with van der Waals surface area (Å²) < 4.78 is 0. The molecule has 0 spiro atoms. The fourth-order valence-electron chi connectivity index (χ4n) is 4.78. The van der Waals surface area contributed by atoms with Crippen molar-refractivity contribution in [2.75, 3.05) is 7.05 Å². The van der Waals surface area contributed by atoms with Crippen LogP contribution in [-0.2, 0) is 9.59 Å². The number of imide groups is 1. The van der Waals surface area contributed by atoms with Crippen LogP contribution < -0.4 is 0 Å². The van der Waals surface area contributed by atoms with Crippen molar-refractivity contribution in [1.29, 1.82) is 0 Å². The highest BCUT2D eigenvalue weighted by molar-refractivity contribution is 6.11. The Kier molecular flexibility index (Phi) is 3.34. The third-order valence-corrected chi connectivity index (χ3v) is 6.01. The second-order valence-corrected chi connectivity index (χ2v) is 7.30. The monoisotopic (exact) mass is 358 g/mol. The smallest absolute Gasteiger partial charge is 0.235 e. The lowest BCUT2D eigenvalue weighted by Crippen LogP contribution is -2.43. The van der Waals surface area contributed by atoms with Crippen LogP contribution in [-0.4, -0.2) is 40.5 Å². The lowest BCUT2D eigenvalue weighted by Gasteiger charge is -2.35. The molecule has 4 atom stereocenters. The minimum Gasteiger partial charge on any atom is -0.358 e. The van der Waals surface area contributed by atoms with Gasteiger partial charge in [-0.15, -0.1) is 0 Å². The number of likely N-dealkylation sites (tertiary alicyclic amines) is 1. The van der Waals surface area contributed by atoms with E-state index in [1.807, 2.05) is 59.6 Å². The molecule has 5 rings (SSSR count). The molecule has 0 unspecified atom stereocenters. The topological polar surface area (TPSA) is 57.7 Å². The fraction of sp³-hybridized carbons (Fsp3) is 0.227. The minimum absolute atomic E-state index is 0.117. The first-order chi connectivity index (χ1) is 13.1. The third kappa shape index (κ3) is 2.08. The van der Waals surface area contributed by atoms with E-state index in [0.29, 0.717) is 5.56 Å². The lowest BCUT2D eigenvalue weighted by molar-refractivity contribution is -0.139. The number of benzene rings is 2. The number of fused-ring (bicyclic) bond motifs is 5. The summed E-state index contributed by atoms with van der Waals surface area (Å²) in [7, 11) is 1.52. The molecule has 0 N–H and O–H groups in total. The van der Waals surface area contributed by atoms with Gasteiger partial charge in [0, 0.05) is 18.8 Å². The van der Waals surface area contributed by atoms with E-state index < -0.39 is 17.9 Å². The van der Waals surface area contributed by atoms with Gasteiger partial charge in [-0.2, -0.15) is 0 Å². The average Bonchev–Trinajstić information content (AvgIpc) is 3.17. The second kappa shape index (κ2) is 5.64. The molecule has 0 aliphatic carbocycles. The van der Waals surface area contributed by atoms with Gasteiger partial charge in [0.15, 0.2) is 5.78 Å². The van der Waals surface area contributed by atoms with Crippen LogP contribution in [0.3, 0.4) is 0 Å².